The summed E-state index contributed by atoms with van der Waals surface area (Å²) in [6.07, 6.45) is 3.27. The molecule has 0 atom stereocenters. The van der Waals surface area contributed by atoms with E-state index in [0.29, 0.717) is 38.7 Å². The van der Waals surface area contributed by atoms with Crippen LogP contribution in [0.3, 0.4) is 0 Å². The molecule has 202 valence electrons. The standard InChI is InChI=1S/C28H33FN4O4S/c1-9-30-25(34)18-12-16-17(13-33(8)26(35)20(16)32-18)23-22(37-21-14(2)10-11-31-15(21)3)19(29)24(38-23)27(4,5)28(6,7)36/h10-13,32,36H,9H2,1-8H3,(H,30,34). The lowest BCUT2D eigenvalue weighted by Crippen LogP contribution is -2.42. The zero-order chi connectivity index (χ0) is 28.2. The number of hydrogen-bond acceptors (Lipinski definition) is 6. The Morgan fingerprint density at radius 2 is 1.95 bits per heavy atom. The van der Waals surface area contributed by atoms with Crippen LogP contribution < -0.4 is 15.6 Å². The van der Waals surface area contributed by atoms with Crippen molar-refractivity contribution in [2.24, 2.45) is 7.05 Å². The molecule has 0 aliphatic rings. The maximum absolute atomic E-state index is 16.4. The molecule has 4 rings (SSSR count). The molecule has 0 spiro atoms. The highest BCUT2D eigenvalue weighted by Crippen LogP contribution is 2.51. The predicted molar refractivity (Wildman–Crippen MR) is 148 cm³/mol. The minimum absolute atomic E-state index is 0.0257. The lowest BCUT2D eigenvalue weighted by atomic mass is 9.76. The summed E-state index contributed by atoms with van der Waals surface area (Å²) in [6, 6.07) is 3.38. The molecular formula is C28H33FN4O4S. The van der Waals surface area contributed by atoms with Gasteiger partial charge in [0.1, 0.15) is 11.2 Å². The van der Waals surface area contributed by atoms with Crippen molar-refractivity contribution in [3.05, 3.63) is 62.5 Å². The minimum atomic E-state index is -1.26. The van der Waals surface area contributed by atoms with Gasteiger partial charge in [-0.1, -0.05) is 13.8 Å². The van der Waals surface area contributed by atoms with Crippen LogP contribution in [0.4, 0.5) is 4.39 Å². The number of nitrogens with zero attached hydrogens (tertiary/aromatic N) is 2. The van der Waals surface area contributed by atoms with Gasteiger partial charge in [-0.25, -0.2) is 4.39 Å². The van der Waals surface area contributed by atoms with Crippen LogP contribution in [0.25, 0.3) is 21.3 Å². The quantitative estimate of drug-likeness (QED) is 0.293. The Labute approximate surface area is 224 Å². The van der Waals surface area contributed by atoms with Crippen LogP contribution in [0.2, 0.25) is 0 Å². The molecule has 3 N–H and O–H groups in total. The Balaban J connectivity index is 2.06. The summed E-state index contributed by atoms with van der Waals surface area (Å²) in [7, 11) is 1.60. The van der Waals surface area contributed by atoms with Crippen molar-refractivity contribution in [2.75, 3.05) is 6.54 Å². The van der Waals surface area contributed by atoms with Gasteiger partial charge in [-0.3, -0.25) is 14.6 Å². The summed E-state index contributed by atoms with van der Waals surface area (Å²) >= 11 is 1.15. The largest absolute Gasteiger partial charge is 0.451 e. The number of nitrogens with one attached hydrogen (secondary N) is 2. The first-order valence-corrected chi connectivity index (χ1v) is 13.2. The van der Waals surface area contributed by atoms with Gasteiger partial charge >= 0.3 is 0 Å². The van der Waals surface area contributed by atoms with Crippen LogP contribution in [-0.2, 0) is 12.5 Å². The van der Waals surface area contributed by atoms with Crippen molar-refractivity contribution in [1.82, 2.24) is 19.9 Å². The van der Waals surface area contributed by atoms with Crippen molar-refractivity contribution in [3.63, 3.8) is 0 Å². The monoisotopic (exact) mass is 540 g/mol. The second-order valence-corrected chi connectivity index (χ2v) is 11.5. The fraction of sp³-hybridized carbons (Fsp3) is 0.393. The number of H-pyrrole nitrogens is 1. The number of thiophene rings is 1. The van der Waals surface area contributed by atoms with E-state index in [4.69, 9.17) is 4.74 Å². The van der Waals surface area contributed by atoms with E-state index in [9.17, 15) is 14.7 Å². The number of pyridine rings is 2. The van der Waals surface area contributed by atoms with Crippen molar-refractivity contribution >= 4 is 28.1 Å². The summed E-state index contributed by atoms with van der Waals surface area (Å²) in [4.78, 5) is 33.5. The topological polar surface area (TPSA) is 109 Å². The maximum atomic E-state index is 16.4. The van der Waals surface area contributed by atoms with Gasteiger partial charge in [0.2, 0.25) is 0 Å². The first-order valence-electron chi connectivity index (χ1n) is 12.3. The third-order valence-electron chi connectivity index (χ3n) is 7.18. The summed E-state index contributed by atoms with van der Waals surface area (Å²) in [5, 5.41) is 14.1. The molecule has 0 saturated heterocycles. The molecular weight excluding hydrogens is 507 g/mol. The maximum Gasteiger partial charge on any atom is 0.274 e. The Kier molecular flexibility index (Phi) is 7.00. The molecule has 0 bridgehead atoms. The number of halogens is 1. The number of aliphatic hydroxyl groups is 1. The predicted octanol–water partition coefficient (Wildman–Crippen LogP) is 5.34. The smallest absolute Gasteiger partial charge is 0.274 e. The Bertz CT molecular complexity index is 1590. The third kappa shape index (κ3) is 4.52. The number of ether oxygens (including phenoxy) is 1. The number of hydrogen-bond donors (Lipinski definition) is 3. The minimum Gasteiger partial charge on any atom is -0.451 e. The highest BCUT2D eigenvalue weighted by molar-refractivity contribution is 7.16. The zero-order valence-corrected chi connectivity index (χ0v) is 23.7. The number of rotatable bonds is 7. The molecule has 1 amide bonds. The van der Waals surface area contributed by atoms with Crippen LogP contribution >= 0.6 is 11.3 Å². The highest BCUT2D eigenvalue weighted by Gasteiger charge is 2.42. The molecule has 4 heterocycles. The number of amides is 1. The van der Waals surface area contributed by atoms with Crippen molar-refractivity contribution < 1.29 is 19.0 Å². The molecule has 0 aliphatic carbocycles. The molecule has 0 fully saturated rings. The summed E-state index contributed by atoms with van der Waals surface area (Å²) in [5.74, 6) is -0.546. The molecule has 4 aromatic heterocycles. The van der Waals surface area contributed by atoms with E-state index in [1.54, 1.807) is 73.1 Å². The lowest BCUT2D eigenvalue weighted by Gasteiger charge is -2.36. The summed E-state index contributed by atoms with van der Waals surface area (Å²) in [6.45, 7) is 12.7. The van der Waals surface area contributed by atoms with Crippen LogP contribution in [0.1, 0.15) is 61.2 Å². The van der Waals surface area contributed by atoms with Gasteiger partial charge in [-0.2, -0.15) is 0 Å². The Morgan fingerprint density at radius 3 is 2.55 bits per heavy atom. The van der Waals surface area contributed by atoms with E-state index in [1.165, 1.54) is 4.57 Å². The van der Waals surface area contributed by atoms with Crippen LogP contribution in [-0.4, -0.2) is 37.7 Å². The molecule has 38 heavy (non-hydrogen) atoms. The molecule has 8 nitrogen and oxygen atoms in total. The average molecular weight is 541 g/mol. The van der Waals surface area contributed by atoms with Crippen molar-refractivity contribution in [2.45, 2.75) is 59.5 Å². The zero-order valence-electron chi connectivity index (χ0n) is 22.9. The van der Waals surface area contributed by atoms with Gasteiger partial charge < -0.3 is 24.7 Å². The van der Waals surface area contributed by atoms with Gasteiger partial charge in [0.15, 0.2) is 17.3 Å². The first-order chi connectivity index (χ1) is 17.7. The Morgan fingerprint density at radius 1 is 1.26 bits per heavy atom. The van der Waals surface area contributed by atoms with Crippen LogP contribution in [0.5, 0.6) is 11.5 Å². The molecule has 10 heteroatoms. The van der Waals surface area contributed by atoms with E-state index < -0.39 is 16.8 Å². The fourth-order valence-electron chi connectivity index (χ4n) is 4.17. The number of aryl methyl sites for hydroxylation is 3. The van der Waals surface area contributed by atoms with Gasteiger partial charge in [0, 0.05) is 42.4 Å². The second-order valence-electron chi connectivity index (χ2n) is 10.5. The van der Waals surface area contributed by atoms with Gasteiger partial charge in [0.05, 0.1) is 21.0 Å². The Hall–Kier alpha value is -3.50. The SMILES string of the molecule is CCNC(=O)c1cc2c(-c3sc(C(C)(C)C(C)(C)O)c(F)c3Oc3c(C)ccnc3C)cn(C)c(=O)c2[nH]1. The van der Waals surface area contributed by atoms with Crippen LogP contribution in [0.15, 0.2) is 29.3 Å². The van der Waals surface area contributed by atoms with E-state index in [2.05, 4.69) is 15.3 Å². The number of aromatic amines is 1. The highest BCUT2D eigenvalue weighted by atomic mass is 32.1. The molecule has 0 radical (unpaired) electrons. The van der Waals surface area contributed by atoms with Crippen LogP contribution in [0, 0.1) is 19.7 Å². The number of fused-ring (bicyclic) bond motifs is 1. The summed E-state index contributed by atoms with van der Waals surface area (Å²) in [5.41, 5.74) is -0.226. The van der Waals surface area contributed by atoms with Crippen molar-refractivity contribution in [1.29, 1.82) is 0 Å². The number of carbonyl (C=O) groups is 1. The van der Waals surface area contributed by atoms with E-state index in [-0.39, 0.29) is 28.4 Å². The lowest BCUT2D eigenvalue weighted by molar-refractivity contribution is 0.00974. The second kappa shape index (κ2) is 9.67. The molecule has 0 saturated carbocycles. The van der Waals surface area contributed by atoms with E-state index in [1.807, 2.05) is 6.92 Å². The van der Waals surface area contributed by atoms with Gasteiger partial charge in [-0.05, 0) is 52.3 Å². The molecule has 4 aromatic rings. The number of aromatic nitrogens is 3. The van der Waals surface area contributed by atoms with E-state index >= 15 is 4.39 Å². The van der Waals surface area contributed by atoms with E-state index in [0.717, 1.165) is 16.9 Å². The molecule has 0 aromatic carbocycles. The molecule has 0 aliphatic heterocycles. The third-order valence-corrected chi connectivity index (χ3v) is 8.68. The first kappa shape index (κ1) is 27.5. The van der Waals surface area contributed by atoms with Gasteiger partial charge in [-0.15, -0.1) is 11.3 Å². The van der Waals surface area contributed by atoms with Crippen molar-refractivity contribution in [3.8, 4) is 21.9 Å². The molecule has 0 unspecified atom stereocenters. The average Bonchev–Trinajstić information content (AvgIpc) is 3.41. The van der Waals surface area contributed by atoms with Gasteiger partial charge in [0.25, 0.3) is 11.5 Å². The summed E-state index contributed by atoms with van der Waals surface area (Å²) < 4.78 is 24.0. The normalized spacial score (nSPS) is 12.3. The fourth-order valence-corrected chi connectivity index (χ4v) is 5.56. The number of carbonyl (C=O) groups excluding carboxylic acids is 1.